The van der Waals surface area contributed by atoms with E-state index in [4.69, 9.17) is 0 Å². The molecule has 0 aliphatic carbocycles. The predicted octanol–water partition coefficient (Wildman–Crippen LogP) is 4.29. The number of nitrogens with zero attached hydrogens (tertiary/aromatic N) is 1. The summed E-state index contributed by atoms with van der Waals surface area (Å²) in [4.78, 5) is 3.85. The maximum atomic E-state index is 13.6. The van der Waals surface area contributed by atoms with Crippen LogP contribution in [0.1, 0.15) is 11.1 Å². The number of nitrogens with one attached hydrogen (secondary N) is 1. The summed E-state index contributed by atoms with van der Waals surface area (Å²) in [7, 11) is 0. The third kappa shape index (κ3) is 3.01. The summed E-state index contributed by atoms with van der Waals surface area (Å²) in [6.45, 7) is 1.76. The lowest BCUT2D eigenvalue weighted by molar-refractivity contribution is -0.137. The first kappa shape index (κ1) is 13.3. The largest absolute Gasteiger partial charge is 0.418 e. The summed E-state index contributed by atoms with van der Waals surface area (Å²) < 4.78 is 51.9. The molecular weight excluding hydrogens is 260 g/mol. The molecule has 2 nitrogen and oxygen atoms in total. The molecule has 1 N–H and O–H groups in total. The molecule has 1 aromatic carbocycles. The predicted molar refractivity (Wildman–Crippen MR) is 63.7 cm³/mol. The minimum Gasteiger partial charge on any atom is -0.337 e. The lowest BCUT2D eigenvalue weighted by Crippen LogP contribution is -2.10. The minimum atomic E-state index is -4.63. The number of pyridine rings is 1. The quantitative estimate of drug-likeness (QED) is 0.823. The second-order valence-corrected chi connectivity index (χ2v) is 4.00. The highest BCUT2D eigenvalue weighted by Crippen LogP contribution is 2.37. The van der Waals surface area contributed by atoms with Crippen LogP contribution < -0.4 is 5.32 Å². The SMILES string of the molecule is Cc1ccnc(Nc2c(F)cccc2C(F)(F)F)c1. The molecule has 0 saturated heterocycles. The van der Waals surface area contributed by atoms with Crippen molar-refractivity contribution in [3.63, 3.8) is 0 Å². The van der Waals surface area contributed by atoms with Crippen LogP contribution in [0.4, 0.5) is 29.1 Å². The molecule has 0 atom stereocenters. The van der Waals surface area contributed by atoms with E-state index in [0.29, 0.717) is 0 Å². The number of para-hydroxylation sites is 1. The van der Waals surface area contributed by atoms with Gasteiger partial charge in [-0.2, -0.15) is 13.2 Å². The fourth-order valence-corrected chi connectivity index (χ4v) is 1.62. The molecule has 19 heavy (non-hydrogen) atoms. The van der Waals surface area contributed by atoms with E-state index in [9.17, 15) is 17.6 Å². The van der Waals surface area contributed by atoms with Crippen molar-refractivity contribution in [3.05, 3.63) is 53.5 Å². The van der Waals surface area contributed by atoms with Gasteiger partial charge in [0.25, 0.3) is 0 Å². The summed E-state index contributed by atoms with van der Waals surface area (Å²) in [5.41, 5.74) is -0.869. The van der Waals surface area contributed by atoms with Crippen molar-refractivity contribution in [1.29, 1.82) is 0 Å². The topological polar surface area (TPSA) is 24.9 Å². The van der Waals surface area contributed by atoms with Gasteiger partial charge in [0.2, 0.25) is 0 Å². The third-order valence-corrected chi connectivity index (χ3v) is 2.49. The van der Waals surface area contributed by atoms with Gasteiger partial charge < -0.3 is 5.32 Å². The Morgan fingerprint density at radius 1 is 1.16 bits per heavy atom. The molecule has 0 bridgehead atoms. The van der Waals surface area contributed by atoms with E-state index in [1.807, 2.05) is 0 Å². The Bertz CT molecular complexity index is 593. The van der Waals surface area contributed by atoms with Gasteiger partial charge >= 0.3 is 6.18 Å². The Morgan fingerprint density at radius 3 is 2.53 bits per heavy atom. The second kappa shape index (κ2) is 4.87. The molecule has 0 fully saturated rings. The van der Waals surface area contributed by atoms with Gasteiger partial charge in [0.1, 0.15) is 11.6 Å². The van der Waals surface area contributed by atoms with E-state index in [1.54, 1.807) is 13.0 Å². The van der Waals surface area contributed by atoms with E-state index < -0.39 is 23.2 Å². The van der Waals surface area contributed by atoms with Crippen molar-refractivity contribution in [3.8, 4) is 0 Å². The molecule has 0 radical (unpaired) electrons. The van der Waals surface area contributed by atoms with Gasteiger partial charge in [-0.05, 0) is 36.8 Å². The van der Waals surface area contributed by atoms with Crippen LogP contribution in [0.5, 0.6) is 0 Å². The van der Waals surface area contributed by atoms with Gasteiger partial charge in [-0.25, -0.2) is 9.37 Å². The maximum Gasteiger partial charge on any atom is 0.418 e. The zero-order valence-corrected chi connectivity index (χ0v) is 9.92. The Balaban J connectivity index is 2.45. The van der Waals surface area contributed by atoms with Crippen molar-refractivity contribution in [2.75, 3.05) is 5.32 Å². The number of hydrogen-bond acceptors (Lipinski definition) is 2. The molecule has 0 saturated carbocycles. The average Bonchev–Trinajstić information content (AvgIpc) is 2.30. The fraction of sp³-hybridized carbons (Fsp3) is 0.154. The molecule has 0 aliphatic rings. The Labute approximate surface area is 107 Å². The van der Waals surface area contributed by atoms with Gasteiger partial charge in [-0.3, -0.25) is 0 Å². The van der Waals surface area contributed by atoms with Crippen LogP contribution in [0.25, 0.3) is 0 Å². The average molecular weight is 270 g/mol. The van der Waals surface area contributed by atoms with Crippen LogP contribution in [0.3, 0.4) is 0 Å². The van der Waals surface area contributed by atoms with Gasteiger partial charge in [0.05, 0.1) is 11.3 Å². The molecule has 0 amide bonds. The fourth-order valence-electron chi connectivity index (χ4n) is 1.62. The first-order valence-corrected chi connectivity index (χ1v) is 5.43. The highest BCUT2D eigenvalue weighted by atomic mass is 19.4. The number of alkyl halides is 3. The summed E-state index contributed by atoms with van der Waals surface area (Å²) in [6, 6.07) is 6.03. The molecular formula is C13H10F4N2. The molecule has 2 rings (SSSR count). The molecule has 6 heteroatoms. The Hall–Kier alpha value is -2.11. The number of rotatable bonds is 2. The molecule has 2 aromatic rings. The molecule has 100 valence electrons. The van der Waals surface area contributed by atoms with E-state index in [0.717, 1.165) is 23.8 Å². The lowest BCUT2D eigenvalue weighted by Gasteiger charge is -2.14. The van der Waals surface area contributed by atoms with Gasteiger partial charge in [-0.15, -0.1) is 0 Å². The van der Waals surface area contributed by atoms with Crippen molar-refractivity contribution in [2.24, 2.45) is 0 Å². The van der Waals surface area contributed by atoms with Crippen LogP contribution in [0.15, 0.2) is 36.5 Å². The Morgan fingerprint density at radius 2 is 1.89 bits per heavy atom. The van der Waals surface area contributed by atoms with Crippen LogP contribution >= 0.6 is 0 Å². The standard InChI is InChI=1S/C13H10F4N2/c1-8-5-6-18-11(7-8)19-12-9(13(15,16)17)3-2-4-10(12)14/h2-7H,1H3,(H,18,19). The minimum absolute atomic E-state index is 0.163. The smallest absolute Gasteiger partial charge is 0.337 e. The molecule has 0 unspecified atom stereocenters. The van der Waals surface area contributed by atoms with Crippen molar-refractivity contribution in [1.82, 2.24) is 4.98 Å². The Kier molecular flexibility index (Phi) is 3.42. The summed E-state index contributed by atoms with van der Waals surface area (Å²) in [5.74, 6) is -0.811. The van der Waals surface area contributed by atoms with Crippen LogP contribution in [-0.4, -0.2) is 4.98 Å². The monoisotopic (exact) mass is 270 g/mol. The van der Waals surface area contributed by atoms with Crippen molar-refractivity contribution < 1.29 is 17.6 Å². The number of benzene rings is 1. The number of halogens is 4. The molecule has 1 heterocycles. The summed E-state index contributed by atoms with van der Waals surface area (Å²) in [6.07, 6.45) is -3.19. The van der Waals surface area contributed by atoms with Crippen molar-refractivity contribution in [2.45, 2.75) is 13.1 Å². The van der Waals surface area contributed by atoms with E-state index in [2.05, 4.69) is 10.3 Å². The van der Waals surface area contributed by atoms with Crippen LogP contribution in [-0.2, 0) is 6.18 Å². The van der Waals surface area contributed by atoms with Gasteiger partial charge in [0, 0.05) is 6.20 Å². The second-order valence-electron chi connectivity index (χ2n) is 4.00. The first-order chi connectivity index (χ1) is 8.88. The number of aryl methyl sites for hydroxylation is 1. The summed E-state index contributed by atoms with van der Waals surface area (Å²) >= 11 is 0. The van der Waals surface area contributed by atoms with E-state index in [1.165, 1.54) is 12.3 Å². The normalized spacial score (nSPS) is 11.4. The van der Waals surface area contributed by atoms with E-state index >= 15 is 0 Å². The van der Waals surface area contributed by atoms with Gasteiger partial charge in [-0.1, -0.05) is 6.07 Å². The van der Waals surface area contributed by atoms with Crippen molar-refractivity contribution >= 4 is 11.5 Å². The number of aromatic nitrogens is 1. The van der Waals surface area contributed by atoms with Crippen LogP contribution in [0.2, 0.25) is 0 Å². The zero-order chi connectivity index (χ0) is 14.0. The molecule has 0 aliphatic heterocycles. The summed E-state index contributed by atoms with van der Waals surface area (Å²) in [5, 5.41) is 2.38. The highest BCUT2D eigenvalue weighted by Gasteiger charge is 2.34. The molecule has 0 spiro atoms. The number of hydrogen-bond donors (Lipinski definition) is 1. The first-order valence-electron chi connectivity index (χ1n) is 5.43. The van der Waals surface area contributed by atoms with Gasteiger partial charge in [0.15, 0.2) is 0 Å². The van der Waals surface area contributed by atoms with E-state index in [-0.39, 0.29) is 5.82 Å². The van der Waals surface area contributed by atoms with Crippen LogP contribution in [0, 0.1) is 12.7 Å². The zero-order valence-electron chi connectivity index (χ0n) is 9.92. The highest BCUT2D eigenvalue weighted by molar-refractivity contribution is 5.62. The number of anilines is 2. The maximum absolute atomic E-state index is 13.6. The lowest BCUT2D eigenvalue weighted by atomic mass is 10.1. The molecule has 1 aromatic heterocycles. The third-order valence-electron chi connectivity index (χ3n) is 2.49.